The maximum atomic E-state index is 13.6. The topological polar surface area (TPSA) is 84.9 Å². The van der Waals surface area contributed by atoms with Crippen LogP contribution in [0.2, 0.25) is 0 Å². The van der Waals surface area contributed by atoms with E-state index in [1.807, 2.05) is 0 Å². The highest BCUT2D eigenvalue weighted by Gasteiger charge is 2.10. The van der Waals surface area contributed by atoms with Crippen LogP contribution in [0.15, 0.2) is 18.2 Å². The molecule has 21 heavy (non-hydrogen) atoms. The number of methoxy groups -OCH3 is 1. The van der Waals surface area contributed by atoms with E-state index in [1.165, 1.54) is 25.3 Å². The largest absolute Gasteiger partial charge is 0.481 e. The molecular weight excluding hydrogens is 281 g/mol. The summed E-state index contributed by atoms with van der Waals surface area (Å²) in [4.78, 5) is 22.1. The number of benzene rings is 1. The fourth-order valence-corrected chi connectivity index (χ4v) is 1.54. The molecule has 0 aromatic heterocycles. The Bertz CT molecular complexity index is 492. The van der Waals surface area contributed by atoms with Gasteiger partial charge in [0.2, 0.25) is 0 Å². The fraction of sp³-hybridized carbons (Fsp3) is 0.429. The minimum absolute atomic E-state index is 0.0191. The van der Waals surface area contributed by atoms with Crippen LogP contribution in [0.3, 0.4) is 0 Å². The average molecular weight is 299 g/mol. The maximum Gasteiger partial charge on any atom is 0.305 e. The Morgan fingerprint density at radius 2 is 2.10 bits per heavy atom. The van der Waals surface area contributed by atoms with Crippen molar-refractivity contribution in [1.29, 1.82) is 0 Å². The number of aliphatic carboxylic acids is 1. The second kappa shape index (κ2) is 9.04. The number of amides is 1. The standard InChI is InChI=1S/C14H18FNO5/c1-20-6-7-21-9-11-8-10(2-3-12(11)15)14(19)16-5-4-13(17)18/h2-3,8H,4-7,9H2,1H3,(H,16,19)(H,17,18). The van der Waals surface area contributed by atoms with Crippen LogP contribution in [0.25, 0.3) is 0 Å². The Kier molecular flexibility index (Phi) is 7.34. The van der Waals surface area contributed by atoms with Crippen molar-refractivity contribution in [3.05, 3.63) is 35.1 Å². The molecule has 0 radical (unpaired) electrons. The number of rotatable bonds is 9. The summed E-state index contributed by atoms with van der Waals surface area (Å²) >= 11 is 0. The van der Waals surface area contributed by atoms with Crippen LogP contribution >= 0.6 is 0 Å². The summed E-state index contributed by atoms with van der Waals surface area (Å²) < 4.78 is 23.6. The molecule has 0 aliphatic heterocycles. The lowest BCUT2D eigenvalue weighted by atomic mass is 10.1. The minimum Gasteiger partial charge on any atom is -0.481 e. The summed E-state index contributed by atoms with van der Waals surface area (Å²) in [5.74, 6) is -1.91. The van der Waals surface area contributed by atoms with E-state index < -0.39 is 17.7 Å². The van der Waals surface area contributed by atoms with Crippen LogP contribution in [0, 0.1) is 5.82 Å². The third kappa shape index (κ3) is 6.33. The second-order valence-electron chi connectivity index (χ2n) is 4.25. The van der Waals surface area contributed by atoms with Crippen molar-refractivity contribution < 1.29 is 28.6 Å². The predicted octanol–water partition coefficient (Wildman–Crippen LogP) is 1.19. The van der Waals surface area contributed by atoms with Gasteiger partial charge in [0.15, 0.2) is 0 Å². The monoisotopic (exact) mass is 299 g/mol. The van der Waals surface area contributed by atoms with E-state index in [9.17, 15) is 14.0 Å². The van der Waals surface area contributed by atoms with Crippen LogP contribution in [0.5, 0.6) is 0 Å². The molecule has 1 rings (SSSR count). The number of carbonyl (C=O) groups excluding carboxylic acids is 1. The Balaban J connectivity index is 2.58. The SMILES string of the molecule is COCCOCc1cc(C(=O)NCCC(=O)O)ccc1F. The number of carbonyl (C=O) groups is 2. The molecule has 0 fully saturated rings. The summed E-state index contributed by atoms with van der Waals surface area (Å²) in [7, 11) is 1.53. The van der Waals surface area contributed by atoms with E-state index in [2.05, 4.69) is 5.32 Å². The van der Waals surface area contributed by atoms with Gasteiger partial charge in [-0.05, 0) is 18.2 Å². The van der Waals surface area contributed by atoms with Gasteiger partial charge in [-0.25, -0.2) is 4.39 Å². The number of carboxylic acids is 1. The van der Waals surface area contributed by atoms with E-state index in [0.717, 1.165) is 0 Å². The van der Waals surface area contributed by atoms with E-state index in [4.69, 9.17) is 14.6 Å². The second-order valence-corrected chi connectivity index (χ2v) is 4.25. The highest BCUT2D eigenvalue weighted by Crippen LogP contribution is 2.12. The van der Waals surface area contributed by atoms with Crippen molar-refractivity contribution in [2.45, 2.75) is 13.0 Å². The lowest BCUT2D eigenvalue weighted by Gasteiger charge is -2.08. The molecule has 1 aromatic rings. The molecule has 7 heteroatoms. The summed E-state index contributed by atoms with van der Waals surface area (Å²) in [6.45, 7) is 0.776. The van der Waals surface area contributed by atoms with Gasteiger partial charge in [0.05, 0.1) is 26.2 Å². The third-order valence-corrected chi connectivity index (χ3v) is 2.62. The molecule has 0 spiro atoms. The molecule has 1 aromatic carbocycles. The minimum atomic E-state index is -0.998. The maximum absolute atomic E-state index is 13.6. The Morgan fingerprint density at radius 1 is 1.33 bits per heavy atom. The number of halogens is 1. The van der Waals surface area contributed by atoms with Crippen LogP contribution < -0.4 is 5.32 Å². The molecule has 2 N–H and O–H groups in total. The van der Waals surface area contributed by atoms with Crippen LogP contribution in [0.4, 0.5) is 4.39 Å². The Morgan fingerprint density at radius 3 is 2.76 bits per heavy atom. The molecule has 0 heterocycles. The molecule has 0 atom stereocenters. The van der Waals surface area contributed by atoms with Gasteiger partial charge < -0.3 is 19.9 Å². The number of carboxylic acid groups (broad SMARTS) is 1. The van der Waals surface area contributed by atoms with Gasteiger partial charge in [0.1, 0.15) is 5.82 Å². The molecule has 0 bridgehead atoms. The van der Waals surface area contributed by atoms with Crippen molar-refractivity contribution in [3.8, 4) is 0 Å². The van der Waals surface area contributed by atoms with Crippen molar-refractivity contribution >= 4 is 11.9 Å². The highest BCUT2D eigenvalue weighted by molar-refractivity contribution is 5.94. The third-order valence-electron chi connectivity index (χ3n) is 2.62. The Labute approximate surface area is 121 Å². The van der Waals surface area contributed by atoms with Gasteiger partial charge in [-0.1, -0.05) is 0 Å². The lowest BCUT2D eigenvalue weighted by molar-refractivity contribution is -0.136. The van der Waals surface area contributed by atoms with Crippen molar-refractivity contribution in [2.24, 2.45) is 0 Å². The number of hydrogen-bond acceptors (Lipinski definition) is 4. The zero-order valence-corrected chi connectivity index (χ0v) is 11.7. The van der Waals surface area contributed by atoms with Crippen LogP contribution in [-0.4, -0.2) is 43.9 Å². The number of nitrogens with one attached hydrogen (secondary N) is 1. The van der Waals surface area contributed by atoms with Crippen molar-refractivity contribution in [2.75, 3.05) is 26.9 Å². The summed E-state index contributed by atoms with van der Waals surface area (Å²) in [6, 6.07) is 3.91. The van der Waals surface area contributed by atoms with Gasteiger partial charge in [-0.15, -0.1) is 0 Å². The first-order valence-electron chi connectivity index (χ1n) is 6.39. The smallest absolute Gasteiger partial charge is 0.305 e. The van der Waals surface area contributed by atoms with Gasteiger partial charge in [-0.3, -0.25) is 9.59 Å². The van der Waals surface area contributed by atoms with Crippen LogP contribution in [-0.2, 0) is 20.9 Å². The van der Waals surface area contributed by atoms with Crippen molar-refractivity contribution in [1.82, 2.24) is 5.32 Å². The normalized spacial score (nSPS) is 10.4. The molecule has 116 valence electrons. The molecule has 1 amide bonds. The van der Waals surface area contributed by atoms with E-state index in [-0.39, 0.29) is 30.7 Å². The summed E-state index contributed by atoms with van der Waals surface area (Å²) in [5, 5.41) is 10.9. The van der Waals surface area contributed by atoms with Gasteiger partial charge in [0.25, 0.3) is 5.91 Å². The van der Waals surface area contributed by atoms with E-state index in [1.54, 1.807) is 0 Å². The first-order chi connectivity index (χ1) is 10.0. The molecule has 0 saturated carbocycles. The zero-order chi connectivity index (χ0) is 15.7. The predicted molar refractivity (Wildman–Crippen MR) is 72.5 cm³/mol. The van der Waals surface area contributed by atoms with E-state index >= 15 is 0 Å². The Hall–Kier alpha value is -1.99. The first-order valence-corrected chi connectivity index (χ1v) is 6.39. The molecule has 0 unspecified atom stereocenters. The average Bonchev–Trinajstić information content (AvgIpc) is 2.44. The summed E-state index contributed by atoms with van der Waals surface area (Å²) in [6.07, 6.45) is -0.167. The molecular formula is C14H18FNO5. The zero-order valence-electron chi connectivity index (χ0n) is 11.7. The molecule has 0 saturated heterocycles. The van der Waals surface area contributed by atoms with Gasteiger partial charge in [0, 0.05) is 24.8 Å². The summed E-state index contributed by atoms with van der Waals surface area (Å²) in [5.41, 5.74) is 0.518. The first kappa shape index (κ1) is 17.1. The number of hydrogen-bond donors (Lipinski definition) is 2. The van der Waals surface area contributed by atoms with Crippen LogP contribution in [0.1, 0.15) is 22.3 Å². The lowest BCUT2D eigenvalue weighted by Crippen LogP contribution is -2.26. The molecule has 6 nitrogen and oxygen atoms in total. The number of ether oxygens (including phenoxy) is 2. The van der Waals surface area contributed by atoms with Gasteiger partial charge in [-0.2, -0.15) is 0 Å². The molecule has 0 aliphatic rings. The van der Waals surface area contributed by atoms with Crippen molar-refractivity contribution in [3.63, 3.8) is 0 Å². The quantitative estimate of drug-likeness (QED) is 0.669. The molecule has 0 aliphatic carbocycles. The highest BCUT2D eigenvalue weighted by atomic mass is 19.1. The van der Waals surface area contributed by atoms with E-state index in [0.29, 0.717) is 13.2 Å². The van der Waals surface area contributed by atoms with Gasteiger partial charge >= 0.3 is 5.97 Å². The fourth-order valence-electron chi connectivity index (χ4n) is 1.54.